The number of ether oxygens (including phenoxy) is 1. The van der Waals surface area contributed by atoms with Gasteiger partial charge >= 0.3 is 5.97 Å². The first-order valence-electron chi connectivity index (χ1n) is 7.96. The highest BCUT2D eigenvalue weighted by Gasteiger charge is 2.21. The van der Waals surface area contributed by atoms with Crippen molar-refractivity contribution in [2.75, 3.05) is 0 Å². The Hall–Kier alpha value is -2.60. The molecule has 0 aliphatic carbocycles. The number of aromatic nitrogens is 2. The van der Waals surface area contributed by atoms with Gasteiger partial charge in [-0.1, -0.05) is 30.3 Å². The molecule has 5 nitrogen and oxygen atoms in total. The monoisotopic (exact) mass is 354 g/mol. The molecule has 3 aromatic rings. The summed E-state index contributed by atoms with van der Waals surface area (Å²) < 4.78 is 5.48. The maximum absolute atomic E-state index is 12.3. The first kappa shape index (κ1) is 17.2. The van der Waals surface area contributed by atoms with Crippen LogP contribution in [0.2, 0.25) is 0 Å². The molecule has 0 unspecified atom stereocenters. The van der Waals surface area contributed by atoms with E-state index in [2.05, 4.69) is 9.97 Å². The van der Waals surface area contributed by atoms with Gasteiger partial charge in [-0.05, 0) is 38.1 Å². The normalized spacial score (nSPS) is 13.4. The van der Waals surface area contributed by atoms with Crippen molar-refractivity contribution in [3.8, 4) is 0 Å². The van der Waals surface area contributed by atoms with Crippen molar-refractivity contribution in [2.24, 2.45) is 0 Å². The minimum absolute atomic E-state index is 0.241. The van der Waals surface area contributed by atoms with Crippen LogP contribution >= 0.6 is 11.8 Å². The van der Waals surface area contributed by atoms with E-state index in [0.717, 1.165) is 4.90 Å². The van der Waals surface area contributed by atoms with Crippen LogP contribution in [0.4, 0.5) is 0 Å². The summed E-state index contributed by atoms with van der Waals surface area (Å²) in [7, 11) is 0. The quantitative estimate of drug-likeness (QED) is 0.559. The third kappa shape index (κ3) is 4.09. The third-order valence-electron chi connectivity index (χ3n) is 3.70. The van der Waals surface area contributed by atoms with Crippen LogP contribution in [-0.4, -0.2) is 21.2 Å². The van der Waals surface area contributed by atoms with E-state index in [1.807, 2.05) is 36.4 Å². The Kier molecular flexibility index (Phi) is 5.19. The fraction of sp³-hybridized carbons (Fsp3) is 0.211. The van der Waals surface area contributed by atoms with E-state index in [-0.39, 0.29) is 16.8 Å². The molecule has 0 spiro atoms. The summed E-state index contributed by atoms with van der Waals surface area (Å²) >= 11 is 1.43. The number of thioether (sulfide) groups is 1. The fourth-order valence-electron chi connectivity index (χ4n) is 2.37. The molecular weight excluding hydrogens is 336 g/mol. The highest BCUT2D eigenvalue weighted by Crippen LogP contribution is 2.25. The van der Waals surface area contributed by atoms with Crippen molar-refractivity contribution in [1.82, 2.24) is 9.97 Å². The number of nitrogens with one attached hydrogen (secondary N) is 1. The van der Waals surface area contributed by atoms with Crippen molar-refractivity contribution in [1.29, 1.82) is 0 Å². The zero-order valence-electron chi connectivity index (χ0n) is 13.9. The Morgan fingerprint density at radius 1 is 1.08 bits per heavy atom. The molecule has 2 aromatic carbocycles. The van der Waals surface area contributed by atoms with Crippen LogP contribution in [-0.2, 0) is 9.53 Å². The Labute approximate surface area is 149 Å². The Bertz CT molecular complexity index is 940. The summed E-state index contributed by atoms with van der Waals surface area (Å²) in [5, 5.41) is 0.148. The van der Waals surface area contributed by atoms with Crippen LogP contribution in [0, 0.1) is 0 Å². The van der Waals surface area contributed by atoms with Gasteiger partial charge in [0.2, 0.25) is 0 Å². The summed E-state index contributed by atoms with van der Waals surface area (Å²) in [6.45, 7) is 3.49. The molecule has 0 amide bonds. The molecule has 0 radical (unpaired) electrons. The smallest absolute Gasteiger partial charge is 0.319 e. The number of hydrogen-bond donors (Lipinski definition) is 1. The predicted octanol–water partition coefficient (Wildman–Crippen LogP) is 3.71. The van der Waals surface area contributed by atoms with Crippen LogP contribution in [0.3, 0.4) is 0 Å². The van der Waals surface area contributed by atoms with Crippen LogP contribution in [0.15, 0.2) is 64.3 Å². The standard InChI is InChI=1S/C19H18N2O3S/c1-12(17-20-16-11-7-6-10-15(16)18(22)21-17)24-19(23)13(2)25-14-8-4-3-5-9-14/h3-13H,1-2H3,(H,20,21,22)/t12-,13-/m0/s1. The topological polar surface area (TPSA) is 72.0 Å². The van der Waals surface area contributed by atoms with Crippen LogP contribution in [0.25, 0.3) is 10.9 Å². The molecule has 3 rings (SSSR count). The van der Waals surface area contributed by atoms with E-state index < -0.39 is 6.10 Å². The van der Waals surface area contributed by atoms with Gasteiger partial charge in [-0.15, -0.1) is 11.8 Å². The Morgan fingerprint density at radius 3 is 2.52 bits per heavy atom. The molecule has 0 aliphatic rings. The zero-order chi connectivity index (χ0) is 17.8. The minimum Gasteiger partial charge on any atom is -0.454 e. The number of fused-ring (bicyclic) bond motifs is 1. The molecule has 6 heteroatoms. The lowest BCUT2D eigenvalue weighted by Gasteiger charge is -2.16. The van der Waals surface area contributed by atoms with Gasteiger partial charge in [0, 0.05) is 4.90 Å². The van der Waals surface area contributed by atoms with Gasteiger partial charge in [-0.3, -0.25) is 9.59 Å². The van der Waals surface area contributed by atoms with E-state index in [4.69, 9.17) is 4.74 Å². The molecule has 1 heterocycles. The summed E-state index contributed by atoms with van der Waals surface area (Å²) in [5.41, 5.74) is 0.339. The number of carbonyl (C=O) groups excluding carboxylic acids is 1. The summed E-state index contributed by atoms with van der Waals surface area (Å²) in [5.74, 6) is -0.00822. The van der Waals surface area contributed by atoms with Gasteiger partial charge in [-0.2, -0.15) is 0 Å². The van der Waals surface area contributed by atoms with Gasteiger partial charge in [0.1, 0.15) is 5.25 Å². The average molecular weight is 354 g/mol. The van der Waals surface area contributed by atoms with E-state index in [1.165, 1.54) is 11.8 Å². The molecule has 0 aliphatic heterocycles. The molecule has 1 N–H and O–H groups in total. The van der Waals surface area contributed by atoms with E-state index in [9.17, 15) is 9.59 Å². The first-order valence-corrected chi connectivity index (χ1v) is 8.83. The van der Waals surface area contributed by atoms with Crippen molar-refractivity contribution in [3.63, 3.8) is 0 Å². The van der Waals surface area contributed by atoms with E-state index in [0.29, 0.717) is 16.7 Å². The maximum Gasteiger partial charge on any atom is 0.319 e. The number of H-pyrrole nitrogens is 1. The van der Waals surface area contributed by atoms with Crippen molar-refractivity contribution in [3.05, 3.63) is 70.8 Å². The first-order chi connectivity index (χ1) is 12.0. The highest BCUT2D eigenvalue weighted by atomic mass is 32.2. The molecule has 1 aromatic heterocycles. The second kappa shape index (κ2) is 7.53. The number of nitrogens with zero attached hydrogens (tertiary/aromatic N) is 1. The summed E-state index contributed by atoms with van der Waals surface area (Å²) in [6.07, 6.45) is -0.636. The van der Waals surface area contributed by atoms with Gasteiger partial charge in [0.15, 0.2) is 11.9 Å². The van der Waals surface area contributed by atoms with Gasteiger partial charge in [0.05, 0.1) is 10.9 Å². The summed E-state index contributed by atoms with van der Waals surface area (Å²) in [4.78, 5) is 32.5. The van der Waals surface area contributed by atoms with E-state index in [1.54, 1.807) is 32.0 Å². The number of esters is 1. The zero-order valence-corrected chi connectivity index (χ0v) is 14.7. The summed E-state index contributed by atoms with van der Waals surface area (Å²) in [6, 6.07) is 16.7. The third-order valence-corrected chi connectivity index (χ3v) is 4.79. The second-order valence-corrected chi connectivity index (χ2v) is 7.03. The number of carbonyl (C=O) groups is 1. The number of hydrogen-bond acceptors (Lipinski definition) is 5. The van der Waals surface area contributed by atoms with Crippen molar-refractivity contribution in [2.45, 2.75) is 30.1 Å². The van der Waals surface area contributed by atoms with Crippen molar-refractivity contribution >= 4 is 28.6 Å². The molecule has 0 saturated heterocycles. The van der Waals surface area contributed by atoms with Gasteiger partial charge in [-0.25, -0.2) is 4.98 Å². The largest absolute Gasteiger partial charge is 0.454 e. The minimum atomic E-state index is -0.636. The maximum atomic E-state index is 12.3. The van der Waals surface area contributed by atoms with Gasteiger partial charge < -0.3 is 9.72 Å². The highest BCUT2D eigenvalue weighted by molar-refractivity contribution is 8.00. The molecule has 0 bridgehead atoms. The van der Waals surface area contributed by atoms with Gasteiger partial charge in [0.25, 0.3) is 5.56 Å². The number of benzene rings is 2. The lowest BCUT2D eigenvalue weighted by atomic mass is 10.2. The lowest BCUT2D eigenvalue weighted by molar-refractivity contribution is -0.147. The Morgan fingerprint density at radius 2 is 1.76 bits per heavy atom. The second-order valence-electron chi connectivity index (χ2n) is 5.62. The number of aromatic amines is 1. The molecule has 128 valence electrons. The van der Waals surface area contributed by atoms with Crippen LogP contribution in [0.1, 0.15) is 25.8 Å². The van der Waals surface area contributed by atoms with Crippen LogP contribution in [0.5, 0.6) is 0 Å². The predicted molar refractivity (Wildman–Crippen MR) is 98.6 cm³/mol. The molecule has 25 heavy (non-hydrogen) atoms. The van der Waals surface area contributed by atoms with E-state index >= 15 is 0 Å². The number of rotatable bonds is 5. The molecular formula is C19H18N2O3S. The molecule has 0 fully saturated rings. The van der Waals surface area contributed by atoms with Crippen LogP contribution < -0.4 is 5.56 Å². The fourth-order valence-corrected chi connectivity index (χ4v) is 3.25. The Balaban J connectivity index is 1.72. The molecule has 0 saturated carbocycles. The molecule has 2 atom stereocenters. The lowest BCUT2D eigenvalue weighted by Crippen LogP contribution is -2.22. The van der Waals surface area contributed by atoms with Crippen molar-refractivity contribution < 1.29 is 9.53 Å². The average Bonchev–Trinajstić information content (AvgIpc) is 2.62. The number of para-hydroxylation sites is 1. The SMILES string of the molecule is C[C@H](Sc1ccccc1)C(=O)O[C@@H](C)c1nc2ccccc2c(=O)[nH]1.